The second-order valence-electron chi connectivity index (χ2n) is 4.73. The first kappa shape index (κ1) is 16.4. The summed E-state index contributed by atoms with van der Waals surface area (Å²) >= 11 is 5.99. The zero-order valence-corrected chi connectivity index (χ0v) is 13.1. The predicted octanol–water partition coefficient (Wildman–Crippen LogP) is 2.44. The van der Waals surface area contributed by atoms with E-state index in [4.69, 9.17) is 17.3 Å². The van der Waals surface area contributed by atoms with Gasteiger partial charge in [-0.2, -0.15) is 0 Å². The summed E-state index contributed by atoms with van der Waals surface area (Å²) in [5.74, 6) is 0. The Hall–Kier alpha value is -0.620. The van der Waals surface area contributed by atoms with Crippen molar-refractivity contribution in [2.24, 2.45) is 5.73 Å². The zero-order chi connectivity index (χ0) is 14.7. The highest BCUT2D eigenvalue weighted by atomic mass is 35.5. The number of nitrogens with two attached hydrogens (primary N) is 1. The summed E-state index contributed by atoms with van der Waals surface area (Å²) in [6.07, 6.45) is 1.26. The van der Waals surface area contributed by atoms with Crippen molar-refractivity contribution in [2.75, 3.05) is 6.54 Å². The van der Waals surface area contributed by atoms with Crippen molar-refractivity contribution in [1.82, 2.24) is 4.72 Å². The fraction of sp³-hybridized carbons (Fsp3) is 0.538. The molecule has 0 radical (unpaired) electrons. The molecule has 0 atom stereocenters. The van der Waals surface area contributed by atoms with Gasteiger partial charge in [-0.15, -0.1) is 0 Å². The predicted molar refractivity (Wildman–Crippen MR) is 78.9 cm³/mol. The fourth-order valence-electron chi connectivity index (χ4n) is 1.88. The van der Waals surface area contributed by atoms with E-state index in [0.29, 0.717) is 12.8 Å². The summed E-state index contributed by atoms with van der Waals surface area (Å²) in [4.78, 5) is 0.105. The number of hydrogen-bond acceptors (Lipinski definition) is 3. The van der Waals surface area contributed by atoms with Crippen LogP contribution >= 0.6 is 11.6 Å². The smallest absolute Gasteiger partial charge is 0.242 e. The van der Waals surface area contributed by atoms with Crippen LogP contribution in [0, 0.1) is 6.92 Å². The zero-order valence-electron chi connectivity index (χ0n) is 11.5. The Bertz CT molecular complexity index is 531. The van der Waals surface area contributed by atoms with Crippen LogP contribution in [0.25, 0.3) is 0 Å². The van der Waals surface area contributed by atoms with Crippen molar-refractivity contribution < 1.29 is 8.42 Å². The van der Waals surface area contributed by atoms with Crippen LogP contribution in [0.3, 0.4) is 0 Å². The maximum Gasteiger partial charge on any atom is 0.242 e. The van der Waals surface area contributed by atoms with Gasteiger partial charge in [0, 0.05) is 12.1 Å². The highest BCUT2D eigenvalue weighted by molar-refractivity contribution is 7.89. The van der Waals surface area contributed by atoms with Crippen molar-refractivity contribution >= 4 is 21.6 Å². The van der Waals surface area contributed by atoms with Crippen LogP contribution in [0.1, 0.15) is 32.3 Å². The molecule has 0 aliphatic carbocycles. The van der Waals surface area contributed by atoms with Crippen LogP contribution in [-0.2, 0) is 10.0 Å². The summed E-state index contributed by atoms with van der Waals surface area (Å²) in [5.41, 5.74) is 5.95. The fourth-order valence-corrected chi connectivity index (χ4v) is 4.02. The lowest BCUT2D eigenvalue weighted by atomic mass is 9.95. The van der Waals surface area contributed by atoms with E-state index in [1.807, 2.05) is 20.8 Å². The summed E-state index contributed by atoms with van der Waals surface area (Å²) in [6, 6.07) is 4.93. The maximum atomic E-state index is 12.4. The molecule has 1 rings (SSSR count). The van der Waals surface area contributed by atoms with Gasteiger partial charge in [0.2, 0.25) is 10.0 Å². The van der Waals surface area contributed by atoms with Crippen molar-refractivity contribution in [1.29, 1.82) is 0 Å². The molecule has 3 N–H and O–H groups in total. The van der Waals surface area contributed by atoms with Gasteiger partial charge in [0.1, 0.15) is 4.90 Å². The van der Waals surface area contributed by atoms with Crippen molar-refractivity contribution in [3.05, 3.63) is 28.8 Å². The summed E-state index contributed by atoms with van der Waals surface area (Å²) < 4.78 is 27.6. The molecule has 0 unspecified atom stereocenters. The van der Waals surface area contributed by atoms with E-state index in [9.17, 15) is 8.42 Å². The lowest BCUT2D eigenvalue weighted by Crippen LogP contribution is -2.52. The number of rotatable bonds is 6. The Morgan fingerprint density at radius 3 is 2.37 bits per heavy atom. The van der Waals surface area contributed by atoms with Gasteiger partial charge >= 0.3 is 0 Å². The van der Waals surface area contributed by atoms with Gasteiger partial charge in [0.15, 0.2) is 0 Å². The van der Waals surface area contributed by atoms with Crippen molar-refractivity contribution in [3.63, 3.8) is 0 Å². The molecule has 4 nitrogen and oxygen atoms in total. The first-order chi connectivity index (χ1) is 8.80. The average molecular weight is 305 g/mol. The normalized spacial score (nSPS) is 12.7. The van der Waals surface area contributed by atoms with Crippen LogP contribution in [0.5, 0.6) is 0 Å². The van der Waals surface area contributed by atoms with Gasteiger partial charge in [-0.25, -0.2) is 13.1 Å². The van der Waals surface area contributed by atoms with Gasteiger partial charge in [0.25, 0.3) is 0 Å². The number of nitrogens with one attached hydrogen (secondary N) is 1. The van der Waals surface area contributed by atoms with Crippen LogP contribution in [0.15, 0.2) is 23.1 Å². The number of benzene rings is 1. The minimum absolute atomic E-state index is 0.105. The van der Waals surface area contributed by atoms with Crippen LogP contribution in [-0.4, -0.2) is 20.5 Å². The van der Waals surface area contributed by atoms with Gasteiger partial charge in [-0.05, 0) is 37.5 Å². The number of halogens is 1. The standard InChI is InChI=1S/C13H21ClN2O2S/c1-4-13(5-2,9-15)16-19(17,18)12-8-10(3)6-7-11(12)14/h6-8,16H,4-5,9,15H2,1-3H3. The Morgan fingerprint density at radius 1 is 1.32 bits per heavy atom. The molecule has 0 heterocycles. The van der Waals surface area contributed by atoms with Gasteiger partial charge < -0.3 is 5.73 Å². The maximum absolute atomic E-state index is 12.4. The Kier molecular flexibility index (Phi) is 5.38. The molecule has 0 saturated carbocycles. The van der Waals surface area contributed by atoms with E-state index in [2.05, 4.69) is 4.72 Å². The topological polar surface area (TPSA) is 72.2 Å². The SMILES string of the molecule is CCC(CC)(CN)NS(=O)(=O)c1cc(C)ccc1Cl. The third-order valence-electron chi connectivity index (χ3n) is 3.47. The van der Waals surface area contributed by atoms with E-state index in [0.717, 1.165) is 5.56 Å². The molecular weight excluding hydrogens is 284 g/mol. The third-order valence-corrected chi connectivity index (χ3v) is 5.53. The molecule has 0 aromatic heterocycles. The van der Waals surface area contributed by atoms with Gasteiger partial charge in [-0.3, -0.25) is 0 Å². The molecule has 0 spiro atoms. The summed E-state index contributed by atoms with van der Waals surface area (Å²) in [6.45, 7) is 5.90. The lowest BCUT2D eigenvalue weighted by Gasteiger charge is -2.31. The van der Waals surface area contributed by atoms with E-state index < -0.39 is 15.6 Å². The van der Waals surface area contributed by atoms with Gasteiger partial charge in [-0.1, -0.05) is 31.5 Å². The Balaban J connectivity index is 3.21. The number of hydrogen-bond donors (Lipinski definition) is 2. The third kappa shape index (κ3) is 3.69. The number of aryl methyl sites for hydroxylation is 1. The summed E-state index contributed by atoms with van der Waals surface area (Å²) in [5, 5.41) is 0.219. The average Bonchev–Trinajstić information content (AvgIpc) is 2.39. The molecule has 6 heteroatoms. The first-order valence-corrected chi connectivity index (χ1v) is 8.16. The van der Waals surface area contributed by atoms with E-state index in [-0.39, 0.29) is 16.5 Å². The van der Waals surface area contributed by atoms with E-state index in [1.54, 1.807) is 18.2 Å². The van der Waals surface area contributed by atoms with Crippen LogP contribution < -0.4 is 10.5 Å². The molecule has 108 valence electrons. The molecule has 1 aromatic carbocycles. The number of sulfonamides is 1. The van der Waals surface area contributed by atoms with Crippen molar-refractivity contribution in [2.45, 2.75) is 44.0 Å². The molecule has 0 bridgehead atoms. The highest BCUT2D eigenvalue weighted by Crippen LogP contribution is 2.25. The lowest BCUT2D eigenvalue weighted by molar-refractivity contribution is 0.363. The van der Waals surface area contributed by atoms with Crippen LogP contribution in [0.2, 0.25) is 5.02 Å². The molecule has 0 saturated heterocycles. The molecular formula is C13H21ClN2O2S. The monoisotopic (exact) mass is 304 g/mol. The summed E-state index contributed by atoms with van der Waals surface area (Å²) in [7, 11) is -3.67. The quantitative estimate of drug-likeness (QED) is 0.848. The molecule has 0 amide bonds. The molecule has 0 aliphatic rings. The Labute approximate surface area is 120 Å². The van der Waals surface area contributed by atoms with Crippen LogP contribution in [0.4, 0.5) is 0 Å². The molecule has 19 heavy (non-hydrogen) atoms. The first-order valence-electron chi connectivity index (χ1n) is 6.30. The van der Waals surface area contributed by atoms with Crippen molar-refractivity contribution in [3.8, 4) is 0 Å². The van der Waals surface area contributed by atoms with Gasteiger partial charge in [0.05, 0.1) is 5.02 Å². The molecule has 1 aromatic rings. The second-order valence-corrected chi connectivity index (χ2v) is 6.79. The molecule has 0 fully saturated rings. The minimum Gasteiger partial charge on any atom is -0.329 e. The van der Waals surface area contributed by atoms with E-state index in [1.165, 1.54) is 0 Å². The van der Waals surface area contributed by atoms with E-state index >= 15 is 0 Å². The minimum atomic E-state index is -3.67. The second kappa shape index (κ2) is 6.22. The highest BCUT2D eigenvalue weighted by Gasteiger charge is 2.31. The molecule has 0 aliphatic heterocycles. The Morgan fingerprint density at radius 2 is 1.89 bits per heavy atom. The largest absolute Gasteiger partial charge is 0.329 e.